The van der Waals surface area contributed by atoms with Gasteiger partial charge in [-0.1, -0.05) is 76.5 Å². The molecule has 0 bridgehead atoms. The molecule has 2 nitrogen and oxygen atoms in total. The lowest BCUT2D eigenvalue weighted by atomic mass is 10.0. The lowest BCUT2D eigenvalue weighted by molar-refractivity contribution is 0.260. The molecule has 2 heteroatoms. The van der Waals surface area contributed by atoms with Gasteiger partial charge in [0.1, 0.15) is 12.4 Å². The standard InChI is InChI=1S/C19H33NO/c1-3-4-5-6-7-8-9-11-14-18(20-2)17-21-19-15-12-10-13-16-19/h10,12-13,15-16,18,20H,3-9,11,14,17H2,1-2H3. The van der Waals surface area contributed by atoms with E-state index in [9.17, 15) is 0 Å². The molecular formula is C19H33NO. The summed E-state index contributed by atoms with van der Waals surface area (Å²) >= 11 is 0. The zero-order chi connectivity index (χ0) is 15.2. The summed E-state index contributed by atoms with van der Waals surface area (Å²) in [4.78, 5) is 0. The molecule has 0 aliphatic rings. The van der Waals surface area contributed by atoms with Crippen LogP contribution in [0.1, 0.15) is 64.7 Å². The summed E-state index contributed by atoms with van der Waals surface area (Å²) in [6.07, 6.45) is 12.2. The summed E-state index contributed by atoms with van der Waals surface area (Å²) in [6.45, 7) is 3.03. The highest BCUT2D eigenvalue weighted by atomic mass is 16.5. The molecule has 21 heavy (non-hydrogen) atoms. The molecule has 0 aliphatic heterocycles. The number of rotatable bonds is 13. The van der Waals surface area contributed by atoms with Crippen molar-refractivity contribution in [3.8, 4) is 5.75 Å². The fraction of sp³-hybridized carbons (Fsp3) is 0.684. The summed E-state index contributed by atoms with van der Waals surface area (Å²) in [6, 6.07) is 10.5. The largest absolute Gasteiger partial charge is 0.492 e. The van der Waals surface area contributed by atoms with Crippen LogP contribution in [0, 0.1) is 0 Å². The Morgan fingerprint density at radius 3 is 2.14 bits per heavy atom. The van der Waals surface area contributed by atoms with E-state index in [1.54, 1.807) is 0 Å². The van der Waals surface area contributed by atoms with Gasteiger partial charge in [0.2, 0.25) is 0 Å². The second-order valence-electron chi connectivity index (χ2n) is 5.87. The number of unbranched alkanes of at least 4 members (excludes halogenated alkanes) is 7. The molecule has 0 fully saturated rings. The topological polar surface area (TPSA) is 21.3 Å². The Morgan fingerprint density at radius 1 is 0.905 bits per heavy atom. The highest BCUT2D eigenvalue weighted by Crippen LogP contribution is 2.12. The van der Waals surface area contributed by atoms with E-state index in [-0.39, 0.29) is 0 Å². The van der Waals surface area contributed by atoms with Crippen molar-refractivity contribution in [2.45, 2.75) is 70.8 Å². The van der Waals surface area contributed by atoms with Crippen molar-refractivity contribution in [3.05, 3.63) is 30.3 Å². The fourth-order valence-corrected chi connectivity index (χ4v) is 2.55. The first-order valence-electron chi connectivity index (χ1n) is 8.72. The Hall–Kier alpha value is -1.02. The molecular weight excluding hydrogens is 258 g/mol. The first kappa shape index (κ1) is 18.0. The van der Waals surface area contributed by atoms with Crippen LogP contribution in [0.25, 0.3) is 0 Å². The first-order chi connectivity index (χ1) is 10.4. The van der Waals surface area contributed by atoms with Crippen molar-refractivity contribution >= 4 is 0 Å². The molecule has 0 radical (unpaired) electrons. The predicted octanol–water partition coefficient (Wildman–Crippen LogP) is 5.18. The van der Waals surface area contributed by atoms with Crippen LogP contribution >= 0.6 is 0 Å². The Balaban J connectivity index is 2.01. The molecule has 1 aromatic rings. The maximum absolute atomic E-state index is 5.82. The second kappa shape index (κ2) is 12.7. The van der Waals surface area contributed by atoms with Gasteiger partial charge in [0.05, 0.1) is 0 Å². The molecule has 0 aliphatic carbocycles. The van der Waals surface area contributed by atoms with Gasteiger partial charge in [0.25, 0.3) is 0 Å². The minimum absolute atomic E-state index is 0.463. The van der Waals surface area contributed by atoms with Gasteiger partial charge < -0.3 is 10.1 Å². The van der Waals surface area contributed by atoms with Crippen molar-refractivity contribution in [2.75, 3.05) is 13.7 Å². The van der Waals surface area contributed by atoms with E-state index in [2.05, 4.69) is 12.2 Å². The lowest BCUT2D eigenvalue weighted by Gasteiger charge is -2.17. The summed E-state index contributed by atoms with van der Waals surface area (Å²) in [5, 5.41) is 3.37. The Kier molecular flexibility index (Phi) is 10.9. The van der Waals surface area contributed by atoms with E-state index in [0.29, 0.717) is 6.04 Å². The summed E-state index contributed by atoms with van der Waals surface area (Å²) in [7, 11) is 2.03. The van der Waals surface area contributed by atoms with Crippen LogP contribution < -0.4 is 10.1 Å². The Morgan fingerprint density at radius 2 is 1.52 bits per heavy atom. The van der Waals surface area contributed by atoms with E-state index in [1.165, 1.54) is 57.8 Å². The SMILES string of the molecule is CCCCCCCCCCC(COc1ccccc1)NC. The molecule has 1 N–H and O–H groups in total. The molecule has 1 aromatic carbocycles. The van der Waals surface area contributed by atoms with Crippen molar-refractivity contribution in [3.63, 3.8) is 0 Å². The van der Waals surface area contributed by atoms with E-state index in [0.717, 1.165) is 12.4 Å². The van der Waals surface area contributed by atoms with Gasteiger partial charge in [-0.05, 0) is 25.6 Å². The molecule has 0 spiro atoms. The second-order valence-corrected chi connectivity index (χ2v) is 5.87. The first-order valence-corrected chi connectivity index (χ1v) is 8.72. The smallest absolute Gasteiger partial charge is 0.119 e. The molecule has 0 aromatic heterocycles. The number of para-hydroxylation sites is 1. The zero-order valence-electron chi connectivity index (χ0n) is 13.9. The number of ether oxygens (including phenoxy) is 1. The third-order valence-corrected chi connectivity index (χ3v) is 4.01. The monoisotopic (exact) mass is 291 g/mol. The number of nitrogens with one attached hydrogen (secondary N) is 1. The van der Waals surface area contributed by atoms with Gasteiger partial charge >= 0.3 is 0 Å². The quantitative estimate of drug-likeness (QED) is 0.505. The van der Waals surface area contributed by atoms with Crippen LogP contribution in [0.5, 0.6) is 5.75 Å². The normalized spacial score (nSPS) is 12.3. The summed E-state index contributed by atoms with van der Waals surface area (Å²) in [5.74, 6) is 0.966. The van der Waals surface area contributed by atoms with Crippen molar-refractivity contribution < 1.29 is 4.74 Å². The van der Waals surface area contributed by atoms with Crippen LogP contribution in [-0.2, 0) is 0 Å². The van der Waals surface area contributed by atoms with Gasteiger partial charge in [-0.25, -0.2) is 0 Å². The summed E-state index contributed by atoms with van der Waals surface area (Å²) < 4.78 is 5.82. The van der Waals surface area contributed by atoms with Crippen molar-refractivity contribution in [2.24, 2.45) is 0 Å². The zero-order valence-corrected chi connectivity index (χ0v) is 13.9. The van der Waals surface area contributed by atoms with Gasteiger partial charge in [-0.3, -0.25) is 0 Å². The average molecular weight is 291 g/mol. The number of benzene rings is 1. The number of hydrogen-bond acceptors (Lipinski definition) is 2. The third kappa shape index (κ3) is 9.52. The lowest BCUT2D eigenvalue weighted by Crippen LogP contribution is -2.31. The third-order valence-electron chi connectivity index (χ3n) is 4.01. The highest BCUT2D eigenvalue weighted by Gasteiger charge is 2.06. The summed E-state index contributed by atoms with van der Waals surface area (Å²) in [5.41, 5.74) is 0. The average Bonchev–Trinajstić information content (AvgIpc) is 2.54. The molecule has 0 saturated carbocycles. The van der Waals surface area contributed by atoms with E-state index < -0.39 is 0 Å². The minimum Gasteiger partial charge on any atom is -0.492 e. The fourth-order valence-electron chi connectivity index (χ4n) is 2.55. The minimum atomic E-state index is 0.463. The Bertz CT molecular complexity index is 326. The maximum Gasteiger partial charge on any atom is 0.119 e. The molecule has 0 amide bonds. The van der Waals surface area contributed by atoms with Crippen molar-refractivity contribution in [1.82, 2.24) is 5.32 Å². The van der Waals surface area contributed by atoms with Crippen LogP contribution in [0.15, 0.2) is 30.3 Å². The van der Waals surface area contributed by atoms with Crippen LogP contribution in [-0.4, -0.2) is 19.7 Å². The van der Waals surface area contributed by atoms with E-state index in [1.807, 2.05) is 37.4 Å². The van der Waals surface area contributed by atoms with Crippen LogP contribution in [0.2, 0.25) is 0 Å². The molecule has 120 valence electrons. The highest BCUT2D eigenvalue weighted by molar-refractivity contribution is 5.20. The molecule has 0 saturated heterocycles. The van der Waals surface area contributed by atoms with Crippen molar-refractivity contribution in [1.29, 1.82) is 0 Å². The van der Waals surface area contributed by atoms with Gasteiger partial charge in [0, 0.05) is 6.04 Å². The maximum atomic E-state index is 5.82. The Labute approximate surface area is 131 Å². The van der Waals surface area contributed by atoms with Crippen LogP contribution in [0.3, 0.4) is 0 Å². The number of hydrogen-bond donors (Lipinski definition) is 1. The van der Waals surface area contributed by atoms with Gasteiger partial charge in [0.15, 0.2) is 0 Å². The van der Waals surface area contributed by atoms with Gasteiger partial charge in [-0.2, -0.15) is 0 Å². The molecule has 1 atom stereocenters. The van der Waals surface area contributed by atoms with E-state index in [4.69, 9.17) is 4.74 Å². The molecule has 1 rings (SSSR count). The van der Waals surface area contributed by atoms with Gasteiger partial charge in [-0.15, -0.1) is 0 Å². The molecule has 0 heterocycles. The predicted molar refractivity (Wildman–Crippen MR) is 92.0 cm³/mol. The van der Waals surface area contributed by atoms with Crippen LogP contribution in [0.4, 0.5) is 0 Å². The number of likely N-dealkylation sites (N-methyl/N-ethyl adjacent to an activating group) is 1. The molecule has 1 unspecified atom stereocenters. The van der Waals surface area contributed by atoms with E-state index >= 15 is 0 Å².